The highest BCUT2D eigenvalue weighted by molar-refractivity contribution is 6.31. The highest BCUT2D eigenvalue weighted by Crippen LogP contribution is 2.40. The predicted octanol–water partition coefficient (Wildman–Crippen LogP) is 3.58. The van der Waals surface area contributed by atoms with E-state index in [1.807, 2.05) is 24.3 Å². The van der Waals surface area contributed by atoms with Crippen LogP contribution < -0.4 is 10.1 Å². The van der Waals surface area contributed by atoms with E-state index in [2.05, 4.69) is 11.9 Å². The number of anilines is 1. The van der Waals surface area contributed by atoms with Gasteiger partial charge in [-0.2, -0.15) is 0 Å². The first-order valence-corrected chi connectivity index (χ1v) is 8.34. The number of hydrogen-bond acceptors (Lipinski definition) is 4. The number of ether oxygens (including phenoxy) is 2. The zero-order chi connectivity index (χ0) is 17.4. The van der Waals surface area contributed by atoms with E-state index in [0.29, 0.717) is 16.8 Å². The number of amides is 1. The molecular formula is C20H19NO4. The van der Waals surface area contributed by atoms with Crippen LogP contribution in [0.5, 0.6) is 11.5 Å². The molecular weight excluding hydrogens is 318 g/mol. The van der Waals surface area contributed by atoms with E-state index in [1.165, 1.54) is 0 Å². The van der Waals surface area contributed by atoms with Gasteiger partial charge in [0, 0.05) is 35.6 Å². The molecule has 25 heavy (non-hydrogen) atoms. The fourth-order valence-corrected chi connectivity index (χ4v) is 3.19. The van der Waals surface area contributed by atoms with Crippen LogP contribution in [0.15, 0.2) is 43.0 Å². The summed E-state index contributed by atoms with van der Waals surface area (Å²) in [5.74, 6) is 0.691. The van der Waals surface area contributed by atoms with Crippen LogP contribution >= 0.6 is 0 Å². The first-order chi connectivity index (χ1) is 12.1. The summed E-state index contributed by atoms with van der Waals surface area (Å²) in [7, 11) is 0. The monoisotopic (exact) mass is 337 g/mol. The van der Waals surface area contributed by atoms with E-state index >= 15 is 0 Å². The van der Waals surface area contributed by atoms with Crippen molar-refractivity contribution in [3.63, 3.8) is 0 Å². The zero-order valence-corrected chi connectivity index (χ0v) is 13.7. The molecule has 2 aromatic rings. The number of phenolic OH excluding ortho intramolecular Hbond substituents is 1. The Morgan fingerprint density at radius 1 is 1.12 bits per heavy atom. The number of hydrogen-bond donors (Lipinski definition) is 2. The summed E-state index contributed by atoms with van der Waals surface area (Å²) in [5, 5.41) is 13.0. The Bertz CT molecular complexity index is 836. The van der Waals surface area contributed by atoms with Crippen LogP contribution in [0.1, 0.15) is 18.4 Å². The van der Waals surface area contributed by atoms with Crippen molar-refractivity contribution >= 4 is 17.2 Å². The third kappa shape index (κ3) is 2.98. The number of rotatable bonds is 3. The molecule has 5 heteroatoms. The molecule has 0 spiro atoms. The van der Waals surface area contributed by atoms with Crippen molar-refractivity contribution in [1.82, 2.24) is 0 Å². The molecule has 0 radical (unpaired) electrons. The topological polar surface area (TPSA) is 67.8 Å². The van der Waals surface area contributed by atoms with Gasteiger partial charge in [-0.05, 0) is 23.8 Å². The maximum atomic E-state index is 11.7. The number of aromatic hydroxyl groups is 1. The van der Waals surface area contributed by atoms with Gasteiger partial charge in [-0.1, -0.05) is 18.7 Å². The molecule has 2 heterocycles. The van der Waals surface area contributed by atoms with Crippen molar-refractivity contribution in [3.05, 3.63) is 48.5 Å². The van der Waals surface area contributed by atoms with Crippen molar-refractivity contribution in [2.75, 3.05) is 18.5 Å². The highest BCUT2D eigenvalue weighted by Gasteiger charge is 2.24. The Balaban J connectivity index is 1.58. The third-order valence-electron chi connectivity index (χ3n) is 4.62. The fourth-order valence-electron chi connectivity index (χ4n) is 3.19. The van der Waals surface area contributed by atoms with Gasteiger partial charge in [-0.3, -0.25) is 4.79 Å². The van der Waals surface area contributed by atoms with Gasteiger partial charge < -0.3 is 19.9 Å². The van der Waals surface area contributed by atoms with Crippen molar-refractivity contribution in [1.29, 1.82) is 0 Å². The summed E-state index contributed by atoms with van der Waals surface area (Å²) in [6, 6.07) is 11.0. The van der Waals surface area contributed by atoms with Crippen LogP contribution in [0.3, 0.4) is 0 Å². The van der Waals surface area contributed by atoms with Gasteiger partial charge in [0.05, 0.1) is 18.9 Å². The molecule has 1 saturated heterocycles. The molecule has 2 aromatic carbocycles. The van der Waals surface area contributed by atoms with Crippen LogP contribution in [0.2, 0.25) is 0 Å². The molecule has 0 aliphatic carbocycles. The third-order valence-corrected chi connectivity index (χ3v) is 4.62. The van der Waals surface area contributed by atoms with Gasteiger partial charge in [0.25, 0.3) is 5.91 Å². The summed E-state index contributed by atoms with van der Waals surface area (Å²) < 4.78 is 11.3. The van der Waals surface area contributed by atoms with E-state index in [4.69, 9.17) is 9.47 Å². The summed E-state index contributed by atoms with van der Waals surface area (Å²) in [4.78, 5) is 11.7. The van der Waals surface area contributed by atoms with Crippen LogP contribution in [0.4, 0.5) is 5.69 Å². The zero-order valence-electron chi connectivity index (χ0n) is 13.7. The number of phenols is 1. The van der Waals surface area contributed by atoms with Gasteiger partial charge in [-0.15, -0.1) is 0 Å². The SMILES string of the molecule is C=C1C(=O)Nc2cc(O)c(-c3ccc(OC4CCOCC4)cc3)cc21. The van der Waals surface area contributed by atoms with Crippen LogP contribution in [0.25, 0.3) is 16.7 Å². The van der Waals surface area contributed by atoms with E-state index in [9.17, 15) is 9.90 Å². The Morgan fingerprint density at radius 3 is 2.56 bits per heavy atom. The molecule has 0 bridgehead atoms. The number of nitrogens with one attached hydrogen (secondary N) is 1. The Labute approximate surface area is 145 Å². The Kier molecular flexibility index (Phi) is 3.93. The second kappa shape index (κ2) is 6.26. The molecule has 1 amide bonds. The summed E-state index contributed by atoms with van der Waals surface area (Å²) in [5.41, 5.74) is 3.24. The molecule has 1 fully saturated rings. The van der Waals surface area contributed by atoms with Gasteiger partial charge >= 0.3 is 0 Å². The first-order valence-electron chi connectivity index (χ1n) is 8.34. The van der Waals surface area contributed by atoms with Crippen LogP contribution in [-0.4, -0.2) is 30.3 Å². The van der Waals surface area contributed by atoms with Gasteiger partial charge in [0.2, 0.25) is 0 Å². The standard InChI is InChI=1S/C20H19NO4/c1-12-16-10-17(19(22)11-18(16)21-20(12)23)13-2-4-14(5-3-13)25-15-6-8-24-9-7-15/h2-5,10-11,15,22H,1,6-9H2,(H,21,23). The van der Waals surface area contributed by atoms with Crippen molar-refractivity contribution < 1.29 is 19.4 Å². The normalized spacial score (nSPS) is 17.3. The molecule has 0 atom stereocenters. The number of carbonyl (C=O) groups excluding carboxylic acids is 1. The molecule has 4 rings (SSSR count). The molecule has 128 valence electrons. The number of benzene rings is 2. The lowest BCUT2D eigenvalue weighted by Crippen LogP contribution is -2.25. The van der Waals surface area contributed by atoms with Crippen molar-refractivity contribution in [2.45, 2.75) is 18.9 Å². The maximum absolute atomic E-state index is 11.7. The first kappa shape index (κ1) is 15.7. The average Bonchev–Trinajstić information content (AvgIpc) is 2.89. The van der Waals surface area contributed by atoms with Gasteiger partial charge in [0.1, 0.15) is 17.6 Å². The van der Waals surface area contributed by atoms with E-state index < -0.39 is 0 Å². The quantitative estimate of drug-likeness (QED) is 0.840. The van der Waals surface area contributed by atoms with Crippen molar-refractivity contribution in [3.8, 4) is 22.6 Å². The number of fused-ring (bicyclic) bond motifs is 1. The highest BCUT2D eigenvalue weighted by atomic mass is 16.5. The Hall–Kier alpha value is -2.79. The van der Waals surface area contributed by atoms with Crippen molar-refractivity contribution in [2.24, 2.45) is 0 Å². The lowest BCUT2D eigenvalue weighted by molar-refractivity contribution is -0.110. The van der Waals surface area contributed by atoms with E-state index in [-0.39, 0.29) is 17.8 Å². The molecule has 2 N–H and O–H groups in total. The number of carbonyl (C=O) groups is 1. The minimum atomic E-state index is -0.230. The lowest BCUT2D eigenvalue weighted by Gasteiger charge is -2.23. The molecule has 2 aliphatic heterocycles. The summed E-state index contributed by atoms with van der Waals surface area (Å²) >= 11 is 0. The minimum Gasteiger partial charge on any atom is -0.507 e. The summed E-state index contributed by atoms with van der Waals surface area (Å²) in [6.45, 7) is 5.27. The fraction of sp³-hybridized carbons (Fsp3) is 0.250. The predicted molar refractivity (Wildman–Crippen MR) is 95.7 cm³/mol. The molecule has 2 aliphatic rings. The van der Waals surface area contributed by atoms with Crippen LogP contribution in [0, 0.1) is 0 Å². The average molecular weight is 337 g/mol. The largest absolute Gasteiger partial charge is 0.507 e. The second-order valence-electron chi connectivity index (χ2n) is 6.30. The molecule has 0 saturated carbocycles. The van der Waals surface area contributed by atoms with Crippen LogP contribution in [-0.2, 0) is 9.53 Å². The second-order valence-corrected chi connectivity index (χ2v) is 6.30. The molecule has 5 nitrogen and oxygen atoms in total. The van der Waals surface area contributed by atoms with E-state index in [1.54, 1.807) is 12.1 Å². The van der Waals surface area contributed by atoms with Gasteiger partial charge in [0.15, 0.2) is 0 Å². The summed E-state index contributed by atoms with van der Waals surface area (Å²) in [6.07, 6.45) is 1.99. The Morgan fingerprint density at radius 2 is 1.84 bits per heavy atom. The van der Waals surface area contributed by atoms with Gasteiger partial charge in [-0.25, -0.2) is 0 Å². The molecule has 0 aromatic heterocycles. The van der Waals surface area contributed by atoms with E-state index in [0.717, 1.165) is 42.9 Å². The smallest absolute Gasteiger partial charge is 0.255 e. The minimum absolute atomic E-state index is 0.117. The maximum Gasteiger partial charge on any atom is 0.255 e. The lowest BCUT2D eigenvalue weighted by atomic mass is 9.99. The molecule has 0 unspecified atom stereocenters.